The molecule has 1 aliphatic carbocycles. The van der Waals surface area contributed by atoms with E-state index < -0.39 is 5.97 Å². The topological polar surface area (TPSA) is 37.3 Å². The van der Waals surface area contributed by atoms with E-state index in [1.165, 1.54) is 12.5 Å². The van der Waals surface area contributed by atoms with Crippen molar-refractivity contribution in [2.75, 3.05) is 0 Å². The zero-order valence-electron chi connectivity index (χ0n) is 7.71. The van der Waals surface area contributed by atoms with E-state index in [0.29, 0.717) is 11.8 Å². The lowest BCUT2D eigenvalue weighted by Crippen LogP contribution is -2.16. The SMILES string of the molecule is C[C@@H]1CCC[C@@H](C)C1=CC(=O)O. The molecule has 0 aromatic heterocycles. The van der Waals surface area contributed by atoms with Gasteiger partial charge in [0.2, 0.25) is 0 Å². The van der Waals surface area contributed by atoms with Crippen molar-refractivity contribution in [1.29, 1.82) is 0 Å². The maximum Gasteiger partial charge on any atom is 0.328 e. The van der Waals surface area contributed by atoms with Crippen LogP contribution in [0.3, 0.4) is 0 Å². The third-order valence-corrected chi connectivity index (χ3v) is 2.70. The molecule has 68 valence electrons. The minimum absolute atomic E-state index is 0.463. The predicted molar refractivity (Wildman–Crippen MR) is 47.9 cm³/mol. The first kappa shape index (κ1) is 9.30. The maximum absolute atomic E-state index is 10.5. The van der Waals surface area contributed by atoms with Crippen molar-refractivity contribution in [3.8, 4) is 0 Å². The molecule has 0 amide bonds. The van der Waals surface area contributed by atoms with Gasteiger partial charge >= 0.3 is 5.97 Å². The van der Waals surface area contributed by atoms with E-state index in [2.05, 4.69) is 13.8 Å². The molecular weight excluding hydrogens is 152 g/mol. The fourth-order valence-electron chi connectivity index (χ4n) is 1.98. The van der Waals surface area contributed by atoms with E-state index in [4.69, 9.17) is 5.11 Å². The van der Waals surface area contributed by atoms with Gasteiger partial charge in [-0.05, 0) is 24.7 Å². The fraction of sp³-hybridized carbons (Fsp3) is 0.700. The quantitative estimate of drug-likeness (QED) is 0.610. The van der Waals surface area contributed by atoms with Gasteiger partial charge in [-0.1, -0.05) is 25.8 Å². The molecule has 0 aliphatic heterocycles. The first-order chi connectivity index (χ1) is 5.61. The molecule has 0 radical (unpaired) electrons. The van der Waals surface area contributed by atoms with Crippen molar-refractivity contribution >= 4 is 5.97 Å². The average Bonchev–Trinajstić information content (AvgIpc) is 1.97. The molecule has 2 atom stereocenters. The molecular formula is C10H16O2. The molecule has 1 N–H and O–H groups in total. The first-order valence-electron chi connectivity index (χ1n) is 4.55. The summed E-state index contributed by atoms with van der Waals surface area (Å²) in [4.78, 5) is 10.5. The van der Waals surface area contributed by atoms with Gasteiger partial charge in [0.1, 0.15) is 0 Å². The fourth-order valence-corrected chi connectivity index (χ4v) is 1.98. The number of carboxylic acids is 1. The van der Waals surface area contributed by atoms with Gasteiger partial charge < -0.3 is 5.11 Å². The number of rotatable bonds is 1. The third-order valence-electron chi connectivity index (χ3n) is 2.70. The monoisotopic (exact) mass is 168 g/mol. The van der Waals surface area contributed by atoms with Gasteiger partial charge in [-0.25, -0.2) is 4.79 Å². The van der Waals surface area contributed by atoms with Crippen molar-refractivity contribution in [3.63, 3.8) is 0 Å². The van der Waals surface area contributed by atoms with E-state index in [0.717, 1.165) is 18.4 Å². The second-order valence-corrected chi connectivity index (χ2v) is 3.72. The molecule has 1 aliphatic rings. The molecule has 0 heterocycles. The van der Waals surface area contributed by atoms with E-state index in [-0.39, 0.29) is 0 Å². The van der Waals surface area contributed by atoms with Gasteiger partial charge in [0.25, 0.3) is 0 Å². The van der Waals surface area contributed by atoms with Crippen molar-refractivity contribution in [2.24, 2.45) is 11.8 Å². The molecule has 1 saturated carbocycles. The summed E-state index contributed by atoms with van der Waals surface area (Å²) in [5.41, 5.74) is 1.12. The van der Waals surface area contributed by atoms with Crippen LogP contribution in [0.4, 0.5) is 0 Å². The molecule has 0 aromatic rings. The molecule has 0 saturated heterocycles. The minimum Gasteiger partial charge on any atom is -0.478 e. The molecule has 0 bridgehead atoms. The molecule has 0 unspecified atom stereocenters. The summed E-state index contributed by atoms with van der Waals surface area (Å²) in [6.45, 7) is 4.23. The van der Waals surface area contributed by atoms with Crippen LogP contribution in [0.15, 0.2) is 11.6 Å². The highest BCUT2D eigenvalue weighted by molar-refractivity contribution is 5.80. The summed E-state index contributed by atoms with van der Waals surface area (Å²) < 4.78 is 0. The summed E-state index contributed by atoms with van der Waals surface area (Å²) in [5, 5.41) is 8.62. The minimum atomic E-state index is -0.800. The molecule has 1 rings (SSSR count). The summed E-state index contributed by atoms with van der Waals surface area (Å²) in [6.07, 6.45) is 4.92. The third kappa shape index (κ3) is 2.10. The van der Waals surface area contributed by atoms with Crippen LogP contribution in [0.1, 0.15) is 33.1 Å². The van der Waals surface area contributed by atoms with Crippen molar-refractivity contribution in [3.05, 3.63) is 11.6 Å². The van der Waals surface area contributed by atoms with Crippen molar-refractivity contribution in [1.82, 2.24) is 0 Å². The van der Waals surface area contributed by atoms with Gasteiger partial charge in [-0.3, -0.25) is 0 Å². The summed E-state index contributed by atoms with van der Waals surface area (Å²) in [6, 6.07) is 0. The standard InChI is InChI=1S/C10H16O2/c1-7-4-3-5-8(2)9(7)6-10(11)12/h6-8H,3-5H2,1-2H3,(H,11,12)/t7-,8-/m1/s1. The maximum atomic E-state index is 10.5. The number of aliphatic carboxylic acids is 1. The zero-order chi connectivity index (χ0) is 9.14. The lowest BCUT2D eigenvalue weighted by molar-refractivity contribution is -0.131. The van der Waals surface area contributed by atoms with Crippen LogP contribution < -0.4 is 0 Å². The molecule has 2 heteroatoms. The van der Waals surface area contributed by atoms with Crippen LogP contribution in [0, 0.1) is 11.8 Å². The normalized spacial score (nSPS) is 30.0. The average molecular weight is 168 g/mol. The van der Waals surface area contributed by atoms with Gasteiger partial charge in [0, 0.05) is 6.08 Å². The highest BCUT2D eigenvalue weighted by atomic mass is 16.4. The Morgan fingerprint density at radius 1 is 1.42 bits per heavy atom. The number of carboxylic acid groups (broad SMARTS) is 1. The lowest BCUT2D eigenvalue weighted by Gasteiger charge is -2.27. The Morgan fingerprint density at radius 3 is 2.33 bits per heavy atom. The van der Waals surface area contributed by atoms with Crippen LogP contribution in [0.2, 0.25) is 0 Å². The smallest absolute Gasteiger partial charge is 0.328 e. The summed E-state index contributed by atoms with van der Waals surface area (Å²) in [5.74, 6) is 0.125. The van der Waals surface area contributed by atoms with E-state index in [1.54, 1.807) is 0 Å². The molecule has 2 nitrogen and oxygen atoms in total. The van der Waals surface area contributed by atoms with Crippen LogP contribution in [0.25, 0.3) is 0 Å². The predicted octanol–water partition coefficient (Wildman–Crippen LogP) is 2.45. The molecule has 1 fully saturated rings. The number of hydrogen-bond acceptors (Lipinski definition) is 1. The summed E-state index contributed by atoms with van der Waals surface area (Å²) >= 11 is 0. The zero-order valence-corrected chi connectivity index (χ0v) is 7.71. The van der Waals surface area contributed by atoms with Crippen LogP contribution >= 0.6 is 0 Å². The van der Waals surface area contributed by atoms with E-state index >= 15 is 0 Å². The molecule has 12 heavy (non-hydrogen) atoms. The lowest BCUT2D eigenvalue weighted by atomic mass is 9.78. The Balaban J connectivity index is 2.75. The van der Waals surface area contributed by atoms with Crippen LogP contribution in [-0.2, 0) is 4.79 Å². The Bertz CT molecular complexity index is 194. The second kappa shape index (κ2) is 3.74. The van der Waals surface area contributed by atoms with Crippen LogP contribution in [-0.4, -0.2) is 11.1 Å². The van der Waals surface area contributed by atoms with Crippen molar-refractivity contribution < 1.29 is 9.90 Å². The second-order valence-electron chi connectivity index (χ2n) is 3.72. The highest BCUT2D eigenvalue weighted by Gasteiger charge is 2.21. The van der Waals surface area contributed by atoms with Crippen LogP contribution in [0.5, 0.6) is 0 Å². The highest BCUT2D eigenvalue weighted by Crippen LogP contribution is 2.33. The largest absolute Gasteiger partial charge is 0.478 e. The Kier molecular flexibility index (Phi) is 2.90. The molecule has 0 aromatic carbocycles. The van der Waals surface area contributed by atoms with Gasteiger partial charge in [-0.15, -0.1) is 0 Å². The summed E-state index contributed by atoms with van der Waals surface area (Å²) in [7, 11) is 0. The Hall–Kier alpha value is -0.790. The number of allylic oxidation sites excluding steroid dienone is 1. The van der Waals surface area contributed by atoms with Gasteiger partial charge in [0.05, 0.1) is 0 Å². The van der Waals surface area contributed by atoms with Gasteiger partial charge in [-0.2, -0.15) is 0 Å². The van der Waals surface area contributed by atoms with Crippen molar-refractivity contribution in [2.45, 2.75) is 33.1 Å². The van der Waals surface area contributed by atoms with E-state index in [9.17, 15) is 4.79 Å². The Morgan fingerprint density at radius 2 is 1.92 bits per heavy atom. The number of carbonyl (C=O) groups is 1. The van der Waals surface area contributed by atoms with E-state index in [1.807, 2.05) is 0 Å². The van der Waals surface area contributed by atoms with Gasteiger partial charge in [0.15, 0.2) is 0 Å². The first-order valence-corrected chi connectivity index (χ1v) is 4.55. The Labute approximate surface area is 73.3 Å². The number of hydrogen-bond donors (Lipinski definition) is 1. The molecule has 0 spiro atoms.